The monoisotopic (exact) mass is 361 g/mol. The number of carbonyl (C=O) groups is 1. The van der Waals surface area contributed by atoms with Gasteiger partial charge in [0, 0.05) is 32.1 Å². The second kappa shape index (κ2) is 11.4. The Bertz CT molecular complexity index is 585. The SMILES string of the molecule is CN=C(NCCCCCC(=O)OC)NCc1ccccc1OCC1CC1. The van der Waals surface area contributed by atoms with Crippen LogP contribution in [0.3, 0.4) is 0 Å². The molecule has 0 aromatic heterocycles. The van der Waals surface area contributed by atoms with Crippen molar-refractivity contribution in [3.63, 3.8) is 0 Å². The number of carbonyl (C=O) groups excluding carboxylic acids is 1. The second-order valence-electron chi connectivity index (χ2n) is 6.60. The summed E-state index contributed by atoms with van der Waals surface area (Å²) in [6.07, 6.45) is 5.89. The van der Waals surface area contributed by atoms with Gasteiger partial charge in [0.05, 0.1) is 13.7 Å². The van der Waals surface area contributed by atoms with Gasteiger partial charge in [-0.25, -0.2) is 0 Å². The van der Waals surface area contributed by atoms with Crippen molar-refractivity contribution in [3.8, 4) is 5.75 Å². The molecule has 1 aromatic rings. The minimum atomic E-state index is -0.141. The van der Waals surface area contributed by atoms with Gasteiger partial charge in [0.15, 0.2) is 5.96 Å². The summed E-state index contributed by atoms with van der Waals surface area (Å²) in [6.45, 7) is 2.30. The second-order valence-corrected chi connectivity index (χ2v) is 6.60. The van der Waals surface area contributed by atoms with Crippen molar-refractivity contribution in [2.75, 3.05) is 27.3 Å². The molecule has 26 heavy (non-hydrogen) atoms. The number of guanidine groups is 1. The first-order valence-electron chi connectivity index (χ1n) is 9.45. The van der Waals surface area contributed by atoms with Crippen LogP contribution >= 0.6 is 0 Å². The molecule has 2 N–H and O–H groups in total. The fourth-order valence-electron chi connectivity index (χ4n) is 2.56. The molecule has 0 saturated heterocycles. The Morgan fingerprint density at radius 3 is 2.73 bits per heavy atom. The maximum Gasteiger partial charge on any atom is 0.305 e. The summed E-state index contributed by atoms with van der Waals surface area (Å²) in [4.78, 5) is 15.3. The average Bonchev–Trinajstić information content (AvgIpc) is 3.50. The molecule has 2 rings (SSSR count). The number of ether oxygens (including phenoxy) is 2. The van der Waals surface area contributed by atoms with Gasteiger partial charge in [0.2, 0.25) is 0 Å². The molecule has 0 heterocycles. The van der Waals surface area contributed by atoms with E-state index in [2.05, 4.69) is 26.4 Å². The van der Waals surface area contributed by atoms with Crippen LogP contribution in [0.1, 0.15) is 44.1 Å². The number of benzene rings is 1. The van der Waals surface area contributed by atoms with E-state index in [0.717, 1.165) is 55.6 Å². The molecular formula is C20H31N3O3. The van der Waals surface area contributed by atoms with E-state index in [1.54, 1.807) is 7.05 Å². The highest BCUT2D eigenvalue weighted by Gasteiger charge is 2.22. The van der Waals surface area contributed by atoms with Crippen molar-refractivity contribution in [1.29, 1.82) is 0 Å². The molecule has 0 radical (unpaired) electrons. The number of hydrogen-bond acceptors (Lipinski definition) is 4. The summed E-state index contributed by atoms with van der Waals surface area (Å²) in [5.41, 5.74) is 1.13. The van der Waals surface area contributed by atoms with Crippen molar-refractivity contribution in [1.82, 2.24) is 10.6 Å². The van der Waals surface area contributed by atoms with E-state index in [9.17, 15) is 4.79 Å². The molecule has 1 aliphatic carbocycles. The molecule has 0 spiro atoms. The third-order valence-electron chi connectivity index (χ3n) is 4.39. The van der Waals surface area contributed by atoms with Crippen molar-refractivity contribution in [3.05, 3.63) is 29.8 Å². The third-order valence-corrected chi connectivity index (χ3v) is 4.39. The fourth-order valence-corrected chi connectivity index (χ4v) is 2.56. The lowest BCUT2D eigenvalue weighted by molar-refractivity contribution is -0.140. The van der Waals surface area contributed by atoms with Crippen LogP contribution < -0.4 is 15.4 Å². The minimum Gasteiger partial charge on any atom is -0.493 e. The largest absolute Gasteiger partial charge is 0.493 e. The van der Waals surface area contributed by atoms with Gasteiger partial charge < -0.3 is 20.1 Å². The maximum atomic E-state index is 11.1. The number of nitrogens with one attached hydrogen (secondary N) is 2. The highest BCUT2D eigenvalue weighted by Crippen LogP contribution is 2.30. The first-order valence-corrected chi connectivity index (χ1v) is 9.45. The zero-order valence-corrected chi connectivity index (χ0v) is 15.9. The summed E-state index contributed by atoms with van der Waals surface area (Å²) in [5, 5.41) is 6.64. The number of methoxy groups -OCH3 is 1. The fraction of sp³-hybridized carbons (Fsp3) is 0.600. The first-order chi connectivity index (χ1) is 12.7. The zero-order valence-electron chi connectivity index (χ0n) is 15.9. The van der Waals surface area contributed by atoms with E-state index >= 15 is 0 Å². The Morgan fingerprint density at radius 1 is 1.19 bits per heavy atom. The topological polar surface area (TPSA) is 72.0 Å². The quantitative estimate of drug-likeness (QED) is 0.274. The Labute approximate surface area is 156 Å². The van der Waals surface area contributed by atoms with Crippen molar-refractivity contribution in [2.45, 2.75) is 45.1 Å². The highest BCUT2D eigenvalue weighted by atomic mass is 16.5. The van der Waals surface area contributed by atoms with E-state index in [1.807, 2.05) is 18.2 Å². The first kappa shape index (κ1) is 20.1. The van der Waals surface area contributed by atoms with Crippen LogP contribution in [-0.2, 0) is 16.1 Å². The van der Waals surface area contributed by atoms with E-state index < -0.39 is 0 Å². The van der Waals surface area contributed by atoms with Gasteiger partial charge in [-0.15, -0.1) is 0 Å². The molecule has 0 aliphatic heterocycles. The summed E-state index contributed by atoms with van der Waals surface area (Å²) in [7, 11) is 3.19. The smallest absolute Gasteiger partial charge is 0.305 e. The number of aliphatic imine (C=N–C) groups is 1. The molecule has 1 aromatic carbocycles. The lowest BCUT2D eigenvalue weighted by Crippen LogP contribution is -2.37. The highest BCUT2D eigenvalue weighted by molar-refractivity contribution is 5.79. The van der Waals surface area contributed by atoms with Crippen LogP contribution in [0.2, 0.25) is 0 Å². The summed E-state index contributed by atoms with van der Waals surface area (Å²) >= 11 is 0. The Balaban J connectivity index is 1.65. The molecule has 6 heteroatoms. The molecule has 1 aliphatic rings. The van der Waals surface area contributed by atoms with Crippen LogP contribution in [0, 0.1) is 5.92 Å². The van der Waals surface area contributed by atoms with E-state index in [0.29, 0.717) is 13.0 Å². The lowest BCUT2D eigenvalue weighted by atomic mass is 10.2. The zero-order chi connectivity index (χ0) is 18.6. The molecule has 6 nitrogen and oxygen atoms in total. The number of esters is 1. The van der Waals surface area contributed by atoms with E-state index in [4.69, 9.17) is 4.74 Å². The number of hydrogen-bond donors (Lipinski definition) is 2. The third kappa shape index (κ3) is 7.76. The Morgan fingerprint density at radius 2 is 2.00 bits per heavy atom. The van der Waals surface area contributed by atoms with Gasteiger partial charge in [-0.2, -0.15) is 0 Å². The summed E-state index contributed by atoms with van der Waals surface area (Å²) < 4.78 is 10.6. The number of para-hydroxylation sites is 1. The van der Waals surface area contributed by atoms with Crippen molar-refractivity contribution >= 4 is 11.9 Å². The normalized spacial score (nSPS) is 14.0. The maximum absolute atomic E-state index is 11.1. The predicted octanol–water partition coefficient (Wildman–Crippen LogP) is 2.87. The van der Waals surface area contributed by atoms with Gasteiger partial charge in [-0.1, -0.05) is 24.6 Å². The van der Waals surface area contributed by atoms with Gasteiger partial charge in [-0.05, 0) is 37.7 Å². The summed E-state index contributed by atoms with van der Waals surface area (Å²) in [6, 6.07) is 8.14. The standard InChI is InChI=1S/C20H31N3O3/c1-21-20(22-13-7-3-4-10-19(24)25-2)23-14-17-8-5-6-9-18(17)26-15-16-11-12-16/h5-6,8-9,16H,3-4,7,10-15H2,1-2H3,(H2,21,22,23). The van der Waals surface area contributed by atoms with Crippen molar-refractivity contribution in [2.24, 2.45) is 10.9 Å². The van der Waals surface area contributed by atoms with Crippen LogP contribution in [0.25, 0.3) is 0 Å². The molecule has 0 amide bonds. The molecular weight excluding hydrogens is 330 g/mol. The van der Waals surface area contributed by atoms with E-state index in [-0.39, 0.29) is 5.97 Å². The van der Waals surface area contributed by atoms with E-state index in [1.165, 1.54) is 20.0 Å². The summed E-state index contributed by atoms with van der Waals surface area (Å²) in [5.74, 6) is 2.32. The number of nitrogens with zero attached hydrogens (tertiary/aromatic N) is 1. The number of unbranched alkanes of at least 4 members (excludes halogenated alkanes) is 2. The van der Waals surface area contributed by atoms with Gasteiger partial charge in [-0.3, -0.25) is 9.79 Å². The van der Waals surface area contributed by atoms with Gasteiger partial charge in [0.25, 0.3) is 0 Å². The van der Waals surface area contributed by atoms with Crippen molar-refractivity contribution < 1.29 is 14.3 Å². The van der Waals surface area contributed by atoms with Gasteiger partial charge >= 0.3 is 5.97 Å². The van der Waals surface area contributed by atoms with Crippen LogP contribution in [0.4, 0.5) is 0 Å². The van der Waals surface area contributed by atoms with Crippen LogP contribution in [0.15, 0.2) is 29.3 Å². The molecule has 144 valence electrons. The molecule has 0 atom stereocenters. The average molecular weight is 361 g/mol. The van der Waals surface area contributed by atoms with Crippen LogP contribution in [-0.4, -0.2) is 39.2 Å². The lowest BCUT2D eigenvalue weighted by Gasteiger charge is -2.14. The Kier molecular flexibility index (Phi) is 8.79. The molecule has 0 unspecified atom stereocenters. The van der Waals surface area contributed by atoms with Crippen LogP contribution in [0.5, 0.6) is 5.75 Å². The predicted molar refractivity (Wildman–Crippen MR) is 103 cm³/mol. The van der Waals surface area contributed by atoms with Gasteiger partial charge in [0.1, 0.15) is 5.75 Å². The minimum absolute atomic E-state index is 0.141. The number of rotatable bonds is 11. The molecule has 1 saturated carbocycles. The molecule has 1 fully saturated rings. The molecule has 0 bridgehead atoms. The Hall–Kier alpha value is -2.24.